The quantitative estimate of drug-likeness (QED) is 0.625. The van der Waals surface area contributed by atoms with Crippen LogP contribution in [0.15, 0.2) is 18.2 Å². The lowest BCUT2D eigenvalue weighted by Gasteiger charge is -2.22. The van der Waals surface area contributed by atoms with Gasteiger partial charge in [-0.2, -0.15) is 0 Å². The number of rotatable bonds is 2. The van der Waals surface area contributed by atoms with Crippen LogP contribution in [-0.4, -0.2) is 31.4 Å². The van der Waals surface area contributed by atoms with E-state index < -0.39 is 5.91 Å². The molecule has 2 amide bonds. The molecule has 0 saturated carbocycles. The summed E-state index contributed by atoms with van der Waals surface area (Å²) in [6, 6.07) is 5.06. The standard InChI is InChI=1S/C12H16N4O2/c13-10-3-2-8(6-9(10)12(14)18)16-5-1-4-15-11(17)7-16/h2-3,6H,1,4-5,7,13H2,(H2,14,18)(H,15,17). The van der Waals surface area contributed by atoms with E-state index in [1.807, 2.05) is 4.90 Å². The Balaban J connectivity index is 2.29. The summed E-state index contributed by atoms with van der Waals surface area (Å²) in [5, 5.41) is 2.80. The molecule has 0 atom stereocenters. The van der Waals surface area contributed by atoms with Crippen molar-refractivity contribution in [2.24, 2.45) is 5.73 Å². The minimum Gasteiger partial charge on any atom is -0.398 e. The number of anilines is 2. The molecule has 6 nitrogen and oxygen atoms in total. The molecule has 0 bridgehead atoms. The highest BCUT2D eigenvalue weighted by Crippen LogP contribution is 2.21. The number of hydrogen-bond acceptors (Lipinski definition) is 4. The largest absolute Gasteiger partial charge is 0.398 e. The van der Waals surface area contributed by atoms with Crippen LogP contribution in [0.5, 0.6) is 0 Å². The highest BCUT2D eigenvalue weighted by molar-refractivity contribution is 5.99. The second-order valence-electron chi connectivity index (χ2n) is 4.26. The minimum atomic E-state index is -0.561. The SMILES string of the molecule is NC(=O)c1cc(N2CCCNC(=O)C2)ccc1N. The molecular weight excluding hydrogens is 232 g/mol. The third-order valence-electron chi connectivity index (χ3n) is 2.93. The van der Waals surface area contributed by atoms with Crippen LogP contribution < -0.4 is 21.7 Å². The van der Waals surface area contributed by atoms with Crippen LogP contribution in [0.1, 0.15) is 16.8 Å². The Morgan fingerprint density at radius 1 is 1.39 bits per heavy atom. The van der Waals surface area contributed by atoms with Crippen LogP contribution in [0, 0.1) is 0 Å². The predicted octanol–water partition coefficient (Wildman–Crippen LogP) is -0.306. The number of carbonyl (C=O) groups excluding carboxylic acids is 2. The zero-order chi connectivity index (χ0) is 13.1. The Morgan fingerprint density at radius 3 is 2.89 bits per heavy atom. The van der Waals surface area contributed by atoms with Crippen LogP contribution in [0.25, 0.3) is 0 Å². The lowest BCUT2D eigenvalue weighted by Crippen LogP contribution is -2.33. The maximum Gasteiger partial charge on any atom is 0.250 e. The van der Waals surface area contributed by atoms with Crippen molar-refractivity contribution in [1.82, 2.24) is 5.32 Å². The third-order valence-corrected chi connectivity index (χ3v) is 2.93. The van der Waals surface area contributed by atoms with Crippen LogP contribution in [0.3, 0.4) is 0 Å². The van der Waals surface area contributed by atoms with Gasteiger partial charge < -0.3 is 21.7 Å². The van der Waals surface area contributed by atoms with Crippen molar-refractivity contribution < 1.29 is 9.59 Å². The molecule has 1 aliphatic rings. The molecule has 0 aliphatic carbocycles. The summed E-state index contributed by atoms with van der Waals surface area (Å²) in [5.41, 5.74) is 12.4. The Kier molecular flexibility index (Phi) is 3.36. The first kappa shape index (κ1) is 12.2. The van der Waals surface area contributed by atoms with Crippen LogP contribution in [0.2, 0.25) is 0 Å². The maximum atomic E-state index is 11.5. The number of amides is 2. The lowest BCUT2D eigenvalue weighted by molar-refractivity contribution is -0.119. The van der Waals surface area contributed by atoms with E-state index in [0.717, 1.165) is 18.7 Å². The van der Waals surface area contributed by atoms with Crippen molar-refractivity contribution in [2.45, 2.75) is 6.42 Å². The number of nitrogens with zero attached hydrogens (tertiary/aromatic N) is 1. The topological polar surface area (TPSA) is 101 Å². The summed E-state index contributed by atoms with van der Waals surface area (Å²) in [6.07, 6.45) is 0.863. The predicted molar refractivity (Wildman–Crippen MR) is 69.2 cm³/mol. The summed E-state index contributed by atoms with van der Waals surface area (Å²) in [4.78, 5) is 24.6. The van der Waals surface area contributed by atoms with Crippen LogP contribution in [0.4, 0.5) is 11.4 Å². The van der Waals surface area contributed by atoms with Crippen molar-refractivity contribution in [3.8, 4) is 0 Å². The molecule has 1 fully saturated rings. The molecule has 96 valence electrons. The first-order valence-electron chi connectivity index (χ1n) is 5.79. The van der Waals surface area contributed by atoms with E-state index in [4.69, 9.17) is 11.5 Å². The first-order chi connectivity index (χ1) is 8.58. The van der Waals surface area contributed by atoms with Gasteiger partial charge in [0.05, 0.1) is 12.1 Å². The second-order valence-corrected chi connectivity index (χ2v) is 4.26. The normalized spacial score (nSPS) is 16.0. The van der Waals surface area contributed by atoms with Crippen LogP contribution in [-0.2, 0) is 4.79 Å². The van der Waals surface area contributed by atoms with Gasteiger partial charge >= 0.3 is 0 Å². The molecule has 0 unspecified atom stereocenters. The highest BCUT2D eigenvalue weighted by atomic mass is 16.2. The van der Waals surface area contributed by atoms with Crippen molar-refractivity contribution in [3.05, 3.63) is 23.8 Å². The fourth-order valence-corrected chi connectivity index (χ4v) is 1.98. The molecule has 2 rings (SSSR count). The van der Waals surface area contributed by atoms with Crippen molar-refractivity contribution in [2.75, 3.05) is 30.3 Å². The minimum absolute atomic E-state index is 0.0232. The van der Waals surface area contributed by atoms with Gasteiger partial charge in [0.15, 0.2) is 0 Å². The average Bonchev–Trinajstić information content (AvgIpc) is 2.54. The third kappa shape index (κ3) is 2.53. The second kappa shape index (κ2) is 4.95. The van der Waals surface area contributed by atoms with E-state index >= 15 is 0 Å². The van der Waals surface area contributed by atoms with Gasteiger partial charge in [0.2, 0.25) is 5.91 Å². The molecule has 1 saturated heterocycles. The van der Waals surface area contributed by atoms with Crippen molar-refractivity contribution in [1.29, 1.82) is 0 Å². The van der Waals surface area contributed by atoms with Gasteiger partial charge in [-0.15, -0.1) is 0 Å². The number of nitrogen functional groups attached to an aromatic ring is 1. The van der Waals surface area contributed by atoms with Gasteiger partial charge in [-0.05, 0) is 24.6 Å². The monoisotopic (exact) mass is 248 g/mol. The van der Waals surface area contributed by atoms with Gasteiger partial charge in [-0.3, -0.25) is 9.59 Å². The first-order valence-corrected chi connectivity index (χ1v) is 5.79. The lowest BCUT2D eigenvalue weighted by atomic mass is 10.1. The molecule has 5 N–H and O–H groups in total. The maximum absolute atomic E-state index is 11.5. The Bertz CT molecular complexity index is 487. The van der Waals surface area contributed by atoms with E-state index in [1.165, 1.54) is 0 Å². The molecule has 1 aromatic carbocycles. The Labute approximate surface area is 105 Å². The fourth-order valence-electron chi connectivity index (χ4n) is 1.98. The van der Waals surface area contributed by atoms with E-state index in [2.05, 4.69) is 5.32 Å². The van der Waals surface area contributed by atoms with E-state index in [9.17, 15) is 9.59 Å². The molecular formula is C12H16N4O2. The molecule has 1 aliphatic heterocycles. The van der Waals surface area contributed by atoms with Gasteiger partial charge in [0.25, 0.3) is 5.91 Å². The molecule has 18 heavy (non-hydrogen) atoms. The van der Waals surface area contributed by atoms with Gasteiger partial charge in [0, 0.05) is 24.5 Å². The summed E-state index contributed by atoms with van der Waals surface area (Å²) in [5.74, 6) is -0.585. The summed E-state index contributed by atoms with van der Waals surface area (Å²) in [7, 11) is 0. The smallest absolute Gasteiger partial charge is 0.250 e. The molecule has 0 spiro atoms. The number of nitrogens with one attached hydrogen (secondary N) is 1. The summed E-state index contributed by atoms with van der Waals surface area (Å²) >= 11 is 0. The molecule has 0 radical (unpaired) electrons. The number of hydrogen-bond donors (Lipinski definition) is 3. The molecule has 1 heterocycles. The number of primary amides is 1. The summed E-state index contributed by atoms with van der Waals surface area (Å²) in [6.45, 7) is 1.70. The number of benzene rings is 1. The zero-order valence-electron chi connectivity index (χ0n) is 9.98. The molecule has 6 heteroatoms. The zero-order valence-corrected chi connectivity index (χ0v) is 9.98. The van der Waals surface area contributed by atoms with Gasteiger partial charge in [-0.25, -0.2) is 0 Å². The van der Waals surface area contributed by atoms with E-state index in [1.54, 1.807) is 18.2 Å². The van der Waals surface area contributed by atoms with Crippen molar-refractivity contribution in [3.63, 3.8) is 0 Å². The fraction of sp³-hybridized carbons (Fsp3) is 0.333. The Morgan fingerprint density at radius 2 is 2.17 bits per heavy atom. The average molecular weight is 248 g/mol. The van der Waals surface area contributed by atoms with Crippen molar-refractivity contribution >= 4 is 23.2 Å². The number of carbonyl (C=O) groups is 2. The molecule has 1 aromatic rings. The van der Waals surface area contributed by atoms with Gasteiger partial charge in [-0.1, -0.05) is 0 Å². The Hall–Kier alpha value is -2.24. The van der Waals surface area contributed by atoms with E-state index in [-0.39, 0.29) is 18.0 Å². The van der Waals surface area contributed by atoms with Crippen LogP contribution >= 0.6 is 0 Å². The van der Waals surface area contributed by atoms with Gasteiger partial charge in [0.1, 0.15) is 0 Å². The summed E-state index contributed by atoms with van der Waals surface area (Å²) < 4.78 is 0. The highest BCUT2D eigenvalue weighted by Gasteiger charge is 2.16. The van der Waals surface area contributed by atoms with E-state index in [0.29, 0.717) is 12.2 Å². The number of nitrogens with two attached hydrogens (primary N) is 2. The molecule has 0 aromatic heterocycles.